The lowest BCUT2D eigenvalue weighted by Gasteiger charge is -2.51. The molecule has 0 radical (unpaired) electrons. The molecule has 1 spiro atoms. The molecule has 1 nitrogen and oxygen atoms in total. The Balaban J connectivity index is 0.984. The second kappa shape index (κ2) is 16.7. The highest BCUT2D eigenvalue weighted by Crippen LogP contribution is 2.66. The molecule has 0 amide bonds. The molecule has 0 aliphatic heterocycles. The third-order valence-electron chi connectivity index (χ3n) is 15.3. The maximum atomic E-state index is 2.51. The van der Waals surface area contributed by atoms with Gasteiger partial charge in [0.05, 0.1) is 10.8 Å². The number of hydrogen-bond acceptors (Lipinski definition) is 1. The van der Waals surface area contributed by atoms with Crippen molar-refractivity contribution >= 4 is 17.1 Å². The van der Waals surface area contributed by atoms with Crippen molar-refractivity contribution in [2.75, 3.05) is 4.90 Å². The largest absolute Gasteiger partial charge is 0.310 e. The standard InChI is InChI=1S/C68H49N/c1-5-19-48(20-6-1)50-33-35-51(36-34-50)53-39-43-57(44-40-53)69(56-41-37-52(38-42-56)49-21-7-2-8-22-49)58-45-46-62-60(47-58)59-27-13-14-28-61(59)68(62)65-31-17-15-29-63(65)67(54-23-9-3-10-24-54,55-25-11-4-12-26-55)64-30-16-18-32-66(64)68/h1-47,59,61H. The van der Waals surface area contributed by atoms with Crippen LogP contribution in [-0.2, 0) is 10.8 Å². The molecule has 0 saturated carbocycles. The van der Waals surface area contributed by atoms with Crippen molar-refractivity contribution < 1.29 is 0 Å². The Bertz CT molecular complexity index is 3430. The molecule has 0 fully saturated rings. The molecule has 326 valence electrons. The van der Waals surface area contributed by atoms with Crippen molar-refractivity contribution in [2.24, 2.45) is 5.92 Å². The Morgan fingerprint density at radius 2 is 0.652 bits per heavy atom. The zero-order chi connectivity index (χ0) is 45.8. The molecule has 10 aromatic carbocycles. The molecule has 10 aromatic rings. The summed E-state index contributed by atoms with van der Waals surface area (Å²) in [6.07, 6.45) is 9.51. The minimum absolute atomic E-state index is 0.158. The zero-order valence-electron chi connectivity index (χ0n) is 38.2. The Kier molecular flexibility index (Phi) is 9.84. The van der Waals surface area contributed by atoms with Gasteiger partial charge >= 0.3 is 0 Å². The van der Waals surface area contributed by atoms with Crippen molar-refractivity contribution in [1.29, 1.82) is 0 Å². The quantitative estimate of drug-likeness (QED) is 0.147. The van der Waals surface area contributed by atoms with E-state index in [0.29, 0.717) is 0 Å². The molecule has 2 atom stereocenters. The van der Waals surface area contributed by atoms with Crippen LogP contribution in [0.5, 0.6) is 0 Å². The van der Waals surface area contributed by atoms with Crippen LogP contribution in [-0.4, -0.2) is 0 Å². The number of benzene rings is 10. The van der Waals surface area contributed by atoms with E-state index in [1.807, 2.05) is 0 Å². The molecule has 0 heterocycles. The first-order chi connectivity index (χ1) is 34.2. The predicted molar refractivity (Wildman–Crippen MR) is 287 cm³/mol. The summed E-state index contributed by atoms with van der Waals surface area (Å²) in [6.45, 7) is 0. The number of hydrogen-bond donors (Lipinski definition) is 0. The highest BCUT2D eigenvalue weighted by molar-refractivity contribution is 5.83. The van der Waals surface area contributed by atoms with Crippen molar-refractivity contribution in [1.82, 2.24) is 0 Å². The fourth-order valence-corrected chi connectivity index (χ4v) is 12.4. The maximum absolute atomic E-state index is 2.51. The SMILES string of the molecule is C1=CC2c3cc(N(c4ccc(-c5ccccc5)cc4)c4ccc(-c5ccc(-c6ccccc6)cc5)cc4)ccc3C3(c4ccccc4C(c4ccccc4)(c4ccccc4)c4ccccc43)C2C=C1. The van der Waals surface area contributed by atoms with Gasteiger partial charge in [0.1, 0.15) is 0 Å². The molecule has 0 aromatic heterocycles. The fourth-order valence-electron chi connectivity index (χ4n) is 12.4. The lowest BCUT2D eigenvalue weighted by atomic mass is 9.50. The van der Waals surface area contributed by atoms with E-state index >= 15 is 0 Å². The van der Waals surface area contributed by atoms with Crippen molar-refractivity contribution in [3.63, 3.8) is 0 Å². The van der Waals surface area contributed by atoms with Gasteiger partial charge in [0.25, 0.3) is 0 Å². The molecule has 69 heavy (non-hydrogen) atoms. The summed E-state index contributed by atoms with van der Waals surface area (Å²) < 4.78 is 0. The van der Waals surface area contributed by atoms with Crippen LogP contribution in [0.15, 0.2) is 285 Å². The minimum Gasteiger partial charge on any atom is -0.310 e. The molecule has 0 bridgehead atoms. The first-order valence-electron chi connectivity index (χ1n) is 24.2. The average Bonchev–Trinajstić information content (AvgIpc) is 3.73. The van der Waals surface area contributed by atoms with Crippen LogP contribution in [0.4, 0.5) is 17.1 Å². The van der Waals surface area contributed by atoms with Gasteiger partial charge in [0.15, 0.2) is 0 Å². The second-order valence-electron chi connectivity index (χ2n) is 18.7. The third kappa shape index (κ3) is 6.38. The topological polar surface area (TPSA) is 3.24 Å². The van der Waals surface area contributed by atoms with Crippen LogP contribution in [0.25, 0.3) is 33.4 Å². The molecule has 0 saturated heterocycles. The summed E-state index contributed by atoms with van der Waals surface area (Å²) in [4.78, 5) is 2.44. The maximum Gasteiger partial charge on any atom is 0.0707 e. The molecular formula is C68H49N. The van der Waals surface area contributed by atoms with E-state index in [9.17, 15) is 0 Å². The van der Waals surface area contributed by atoms with Crippen LogP contribution in [0, 0.1) is 5.92 Å². The molecule has 0 N–H and O–H groups in total. The molecule has 2 unspecified atom stereocenters. The predicted octanol–water partition coefficient (Wildman–Crippen LogP) is 17.0. The Labute approximate surface area is 405 Å². The lowest BCUT2D eigenvalue weighted by molar-refractivity contribution is 0.431. The first kappa shape index (κ1) is 40.7. The molecular weight excluding hydrogens is 831 g/mol. The van der Waals surface area contributed by atoms with Crippen LogP contribution < -0.4 is 4.90 Å². The van der Waals surface area contributed by atoms with E-state index in [-0.39, 0.29) is 11.8 Å². The minimum atomic E-state index is -0.522. The van der Waals surface area contributed by atoms with E-state index in [4.69, 9.17) is 0 Å². The van der Waals surface area contributed by atoms with Gasteiger partial charge in [0, 0.05) is 28.9 Å². The van der Waals surface area contributed by atoms with E-state index < -0.39 is 10.8 Å². The number of nitrogens with zero attached hydrogens (tertiary/aromatic N) is 1. The zero-order valence-corrected chi connectivity index (χ0v) is 38.2. The lowest BCUT2D eigenvalue weighted by Crippen LogP contribution is -2.47. The van der Waals surface area contributed by atoms with Crippen molar-refractivity contribution in [3.05, 3.63) is 330 Å². The van der Waals surface area contributed by atoms with Crippen LogP contribution in [0.3, 0.4) is 0 Å². The number of fused-ring (bicyclic) bond motifs is 9. The summed E-state index contributed by atoms with van der Waals surface area (Å²) in [5.41, 5.74) is 20.4. The van der Waals surface area contributed by atoms with Gasteiger partial charge in [-0.3, -0.25) is 0 Å². The van der Waals surface area contributed by atoms with Crippen LogP contribution in [0.1, 0.15) is 50.4 Å². The van der Waals surface area contributed by atoms with E-state index in [1.54, 1.807) is 0 Å². The van der Waals surface area contributed by atoms with Crippen LogP contribution >= 0.6 is 0 Å². The number of anilines is 3. The Morgan fingerprint density at radius 3 is 1.12 bits per heavy atom. The second-order valence-corrected chi connectivity index (χ2v) is 18.7. The summed E-state index contributed by atoms with van der Waals surface area (Å²) in [6, 6.07) is 96.9. The fraction of sp³-hybridized carbons (Fsp3) is 0.0588. The molecule has 13 rings (SSSR count). The smallest absolute Gasteiger partial charge is 0.0707 e. The Hall–Kier alpha value is -8.52. The highest BCUT2D eigenvalue weighted by Gasteiger charge is 2.60. The summed E-state index contributed by atoms with van der Waals surface area (Å²) in [5.74, 6) is 0.321. The van der Waals surface area contributed by atoms with Crippen molar-refractivity contribution in [3.8, 4) is 33.4 Å². The van der Waals surface area contributed by atoms with Gasteiger partial charge in [0.2, 0.25) is 0 Å². The van der Waals surface area contributed by atoms with Gasteiger partial charge in [-0.25, -0.2) is 0 Å². The van der Waals surface area contributed by atoms with Gasteiger partial charge in [-0.2, -0.15) is 0 Å². The van der Waals surface area contributed by atoms with E-state index in [2.05, 4.69) is 290 Å². The Morgan fingerprint density at radius 1 is 0.290 bits per heavy atom. The summed E-state index contributed by atoms with van der Waals surface area (Å²) >= 11 is 0. The van der Waals surface area contributed by atoms with Gasteiger partial charge in [-0.15, -0.1) is 0 Å². The molecule has 1 heteroatoms. The first-order valence-corrected chi connectivity index (χ1v) is 24.2. The normalized spacial score (nSPS) is 16.5. The summed E-state index contributed by atoms with van der Waals surface area (Å²) in [7, 11) is 0. The number of rotatable bonds is 8. The van der Waals surface area contributed by atoms with Crippen molar-refractivity contribution in [2.45, 2.75) is 16.7 Å². The number of allylic oxidation sites excluding steroid dienone is 4. The van der Waals surface area contributed by atoms with Crippen LogP contribution in [0.2, 0.25) is 0 Å². The molecule has 3 aliphatic carbocycles. The van der Waals surface area contributed by atoms with Gasteiger partial charge in [-0.1, -0.05) is 249 Å². The molecule has 3 aliphatic rings. The highest BCUT2D eigenvalue weighted by atomic mass is 15.1. The monoisotopic (exact) mass is 879 g/mol. The van der Waals surface area contributed by atoms with Gasteiger partial charge in [-0.05, 0) is 114 Å². The average molecular weight is 880 g/mol. The third-order valence-corrected chi connectivity index (χ3v) is 15.3. The van der Waals surface area contributed by atoms with E-state index in [1.165, 1.54) is 77.9 Å². The summed E-state index contributed by atoms with van der Waals surface area (Å²) in [5, 5.41) is 0. The van der Waals surface area contributed by atoms with E-state index in [0.717, 1.165) is 17.1 Å². The van der Waals surface area contributed by atoms with Gasteiger partial charge < -0.3 is 4.90 Å².